The predicted molar refractivity (Wildman–Crippen MR) is 170 cm³/mol. The highest BCUT2D eigenvalue weighted by molar-refractivity contribution is 7.91. The number of tetrazole rings is 1. The van der Waals surface area contributed by atoms with Crippen molar-refractivity contribution in [2.24, 2.45) is 5.41 Å². The van der Waals surface area contributed by atoms with Crippen LogP contribution in [0.25, 0.3) is 11.4 Å². The van der Waals surface area contributed by atoms with Crippen molar-refractivity contribution in [3.63, 3.8) is 0 Å². The fourth-order valence-electron chi connectivity index (χ4n) is 5.86. The highest BCUT2D eigenvalue weighted by Crippen LogP contribution is 2.38. The van der Waals surface area contributed by atoms with Crippen LogP contribution < -0.4 is 20.1 Å². The first-order valence-electron chi connectivity index (χ1n) is 16.3. The van der Waals surface area contributed by atoms with Crippen molar-refractivity contribution >= 4 is 33.8 Å². The number of benzene rings is 1. The first-order chi connectivity index (χ1) is 22.7. The number of amides is 4. The van der Waals surface area contributed by atoms with Gasteiger partial charge in [0.15, 0.2) is 0 Å². The van der Waals surface area contributed by atoms with Crippen molar-refractivity contribution in [1.82, 2.24) is 40.5 Å². The molecule has 3 saturated carbocycles. The summed E-state index contributed by atoms with van der Waals surface area (Å²) in [6.07, 6.45) is 3.14. The number of methoxy groups -OCH3 is 1. The maximum atomic E-state index is 14.3. The lowest BCUT2D eigenvalue weighted by Crippen LogP contribution is -2.60. The van der Waals surface area contributed by atoms with E-state index in [1.165, 1.54) is 9.70 Å². The van der Waals surface area contributed by atoms with Crippen LogP contribution in [0.15, 0.2) is 24.3 Å². The van der Waals surface area contributed by atoms with E-state index in [4.69, 9.17) is 9.47 Å². The van der Waals surface area contributed by atoms with Gasteiger partial charge in [0.25, 0.3) is 5.91 Å². The minimum Gasteiger partial charge on any atom is -0.497 e. The normalized spacial score (nSPS) is 22.6. The van der Waals surface area contributed by atoms with Crippen molar-refractivity contribution in [2.45, 2.75) is 107 Å². The SMILES string of the molecule is COc1ccc(-c2nnn([C@@H]3C[C@@H](C(=O)NC4(C(=O)NS(=O)(=O)C5CC5)CC4)N(C(=O)[C@@H](NC(=O)OC4CCC4)C(C)(C)C)C3)n2)cc1. The minimum atomic E-state index is -3.82. The molecule has 4 aliphatic rings. The van der Waals surface area contributed by atoms with Gasteiger partial charge in [-0.05, 0) is 79.8 Å². The van der Waals surface area contributed by atoms with Crippen molar-refractivity contribution in [2.75, 3.05) is 13.7 Å². The number of hydrogen-bond acceptors (Lipinski definition) is 11. The third-order valence-corrected chi connectivity index (χ3v) is 11.2. The fraction of sp³-hybridized carbons (Fsp3) is 0.645. The number of sulfonamides is 1. The molecule has 0 unspecified atom stereocenters. The molecule has 1 aliphatic heterocycles. The molecule has 6 rings (SSSR count). The zero-order chi connectivity index (χ0) is 34.4. The van der Waals surface area contributed by atoms with Gasteiger partial charge in [-0.2, -0.15) is 4.80 Å². The first-order valence-corrected chi connectivity index (χ1v) is 17.8. The summed E-state index contributed by atoms with van der Waals surface area (Å²) in [4.78, 5) is 56.9. The molecule has 3 N–H and O–H groups in total. The van der Waals surface area contributed by atoms with Crippen LogP contribution in [0.1, 0.15) is 78.2 Å². The molecule has 1 aromatic carbocycles. The van der Waals surface area contributed by atoms with Crippen molar-refractivity contribution in [3.05, 3.63) is 24.3 Å². The van der Waals surface area contributed by atoms with Crippen LogP contribution in [0.5, 0.6) is 5.75 Å². The summed E-state index contributed by atoms with van der Waals surface area (Å²) in [6, 6.07) is 4.38. The number of nitrogens with one attached hydrogen (secondary N) is 3. The Labute approximate surface area is 278 Å². The van der Waals surface area contributed by atoms with Gasteiger partial charge in [0.05, 0.1) is 18.4 Å². The third-order valence-electron chi connectivity index (χ3n) is 9.41. The van der Waals surface area contributed by atoms with Crippen molar-refractivity contribution in [1.29, 1.82) is 0 Å². The smallest absolute Gasteiger partial charge is 0.408 e. The van der Waals surface area contributed by atoms with E-state index in [1.807, 2.05) is 0 Å². The number of carbonyl (C=O) groups is 4. The van der Waals surface area contributed by atoms with E-state index in [1.54, 1.807) is 52.1 Å². The molecular weight excluding hydrogens is 644 g/mol. The van der Waals surface area contributed by atoms with Crippen LogP contribution in [0, 0.1) is 5.41 Å². The van der Waals surface area contributed by atoms with Gasteiger partial charge < -0.3 is 25.0 Å². The average Bonchev–Trinajstić information content (AvgIpc) is 3.93. The molecule has 1 saturated heterocycles. The predicted octanol–water partition coefficient (Wildman–Crippen LogP) is 1.44. The third kappa shape index (κ3) is 7.10. The van der Waals surface area contributed by atoms with Gasteiger partial charge in [-0.25, -0.2) is 13.2 Å². The van der Waals surface area contributed by atoms with E-state index in [0.29, 0.717) is 30.0 Å². The number of carbonyl (C=O) groups excluding carboxylic acids is 4. The number of hydrogen-bond donors (Lipinski definition) is 3. The first kappa shape index (κ1) is 33.6. The van der Waals surface area contributed by atoms with Crippen LogP contribution in [0.2, 0.25) is 0 Å². The second-order valence-corrected chi connectivity index (χ2v) is 16.2. The lowest BCUT2D eigenvalue weighted by Gasteiger charge is -2.36. The van der Waals surface area contributed by atoms with Crippen molar-refractivity contribution in [3.8, 4) is 17.1 Å². The summed E-state index contributed by atoms with van der Waals surface area (Å²) in [6.45, 7) is 5.40. The zero-order valence-electron chi connectivity index (χ0n) is 27.5. The molecule has 2 heterocycles. The Balaban J connectivity index is 1.24. The summed E-state index contributed by atoms with van der Waals surface area (Å²) < 4.78 is 37.8. The molecule has 0 radical (unpaired) electrons. The van der Waals surface area contributed by atoms with E-state index in [2.05, 4.69) is 30.8 Å². The van der Waals surface area contributed by atoms with Gasteiger partial charge in [-0.3, -0.25) is 19.1 Å². The van der Waals surface area contributed by atoms with Gasteiger partial charge in [-0.15, -0.1) is 10.2 Å². The highest BCUT2D eigenvalue weighted by atomic mass is 32.2. The molecule has 3 atom stereocenters. The van der Waals surface area contributed by atoms with Gasteiger partial charge in [0.1, 0.15) is 29.5 Å². The van der Waals surface area contributed by atoms with E-state index in [0.717, 1.165) is 19.3 Å². The van der Waals surface area contributed by atoms with Gasteiger partial charge in [0.2, 0.25) is 27.7 Å². The second kappa shape index (κ2) is 12.6. The van der Waals surface area contributed by atoms with Gasteiger partial charge in [0, 0.05) is 18.5 Å². The summed E-state index contributed by atoms with van der Waals surface area (Å²) in [5.41, 5.74) is -1.48. The molecule has 260 valence electrons. The molecular formula is C31H42N8O8S. The Bertz CT molecular complexity index is 1680. The molecule has 48 heavy (non-hydrogen) atoms. The zero-order valence-corrected chi connectivity index (χ0v) is 28.3. The van der Waals surface area contributed by atoms with Crippen LogP contribution in [0.4, 0.5) is 4.79 Å². The van der Waals surface area contributed by atoms with E-state index in [-0.39, 0.29) is 31.9 Å². The summed E-state index contributed by atoms with van der Waals surface area (Å²) in [5, 5.41) is 17.8. The lowest BCUT2D eigenvalue weighted by molar-refractivity contribution is -0.142. The molecule has 16 nitrogen and oxygen atoms in total. The monoisotopic (exact) mass is 686 g/mol. The Morgan fingerprint density at radius 1 is 1.04 bits per heavy atom. The van der Waals surface area contributed by atoms with Gasteiger partial charge in [-0.1, -0.05) is 20.8 Å². The lowest BCUT2D eigenvalue weighted by atomic mass is 9.85. The standard InChI is InChI=1S/C31H42N8O8S/c1-30(2,3)24(32-29(43)47-21-6-5-7-21)27(41)38-17-19(39-35-25(34-37-39)18-8-10-20(46-4)11-9-18)16-23(38)26(40)33-31(14-15-31)28(42)36-48(44,45)22-12-13-22/h8-11,19,21-24H,5-7,12-17H2,1-4H3,(H,32,43)(H,33,40)(H,36,42)/t19-,23+,24-/m1/s1. The number of aromatic nitrogens is 4. The van der Waals surface area contributed by atoms with E-state index < -0.39 is 68.2 Å². The minimum absolute atomic E-state index is 0.0104. The molecule has 0 spiro atoms. The molecule has 2 aromatic rings. The summed E-state index contributed by atoms with van der Waals surface area (Å²) in [7, 11) is -2.26. The highest BCUT2D eigenvalue weighted by Gasteiger charge is 2.55. The number of likely N-dealkylation sites (tertiary alicyclic amines) is 1. The average molecular weight is 687 g/mol. The Kier molecular flexibility index (Phi) is 8.85. The summed E-state index contributed by atoms with van der Waals surface area (Å²) in [5.74, 6) is -0.929. The molecule has 17 heteroatoms. The molecule has 4 amide bonds. The largest absolute Gasteiger partial charge is 0.497 e. The molecule has 3 aliphatic carbocycles. The topological polar surface area (TPSA) is 204 Å². The maximum absolute atomic E-state index is 14.3. The van der Waals surface area contributed by atoms with Crippen LogP contribution in [0.3, 0.4) is 0 Å². The Hall–Kier alpha value is -4.28. The van der Waals surface area contributed by atoms with Crippen LogP contribution in [-0.4, -0.2) is 100.0 Å². The summed E-state index contributed by atoms with van der Waals surface area (Å²) >= 11 is 0. The maximum Gasteiger partial charge on any atom is 0.408 e. The quantitative estimate of drug-likeness (QED) is 0.309. The second-order valence-electron chi connectivity index (χ2n) is 14.2. The fourth-order valence-corrected chi connectivity index (χ4v) is 7.23. The number of nitrogens with zero attached hydrogens (tertiary/aromatic N) is 5. The number of alkyl carbamates (subject to hydrolysis) is 1. The Morgan fingerprint density at radius 3 is 2.29 bits per heavy atom. The molecule has 0 bridgehead atoms. The number of rotatable bonds is 11. The van der Waals surface area contributed by atoms with E-state index >= 15 is 0 Å². The van der Waals surface area contributed by atoms with Gasteiger partial charge >= 0.3 is 6.09 Å². The Morgan fingerprint density at radius 2 is 1.73 bits per heavy atom. The number of ether oxygens (including phenoxy) is 2. The molecule has 4 fully saturated rings. The molecule has 1 aromatic heterocycles. The van der Waals surface area contributed by atoms with E-state index in [9.17, 15) is 27.6 Å². The van der Waals surface area contributed by atoms with Crippen molar-refractivity contribution < 1.29 is 37.1 Å². The van der Waals surface area contributed by atoms with Crippen LogP contribution in [-0.2, 0) is 29.1 Å². The van der Waals surface area contributed by atoms with Crippen LogP contribution >= 0.6 is 0 Å².